The lowest BCUT2D eigenvalue weighted by Crippen LogP contribution is -2.57. The molecule has 8 heteroatoms. The Bertz CT molecular complexity index is 1160. The highest BCUT2D eigenvalue weighted by atomic mass is 16.6. The van der Waals surface area contributed by atoms with Gasteiger partial charge in [-0.25, -0.2) is 9.78 Å². The van der Waals surface area contributed by atoms with Gasteiger partial charge < -0.3 is 24.3 Å². The van der Waals surface area contributed by atoms with Gasteiger partial charge in [0.2, 0.25) is 0 Å². The van der Waals surface area contributed by atoms with Gasteiger partial charge in [-0.1, -0.05) is 0 Å². The number of hydrogen-bond acceptors (Lipinski definition) is 6. The Kier molecular flexibility index (Phi) is 5.41. The summed E-state index contributed by atoms with van der Waals surface area (Å²) in [6, 6.07) is 3.91. The summed E-state index contributed by atoms with van der Waals surface area (Å²) in [5.41, 5.74) is 2.37. The molecule has 4 aliphatic rings. The fourth-order valence-electron chi connectivity index (χ4n) is 6.94. The van der Waals surface area contributed by atoms with Crippen LogP contribution in [0.3, 0.4) is 0 Å². The first kappa shape index (κ1) is 23.8. The SMILES string of the molecule is Cn1c(C2CC(C)(C)NC(C)(C)C2)nc2c1C1(CCN(C(=O)OCC3CC3)CC1)Oc1cccnc1-2. The molecular weight excluding hydrogens is 454 g/mol. The predicted molar refractivity (Wildman–Crippen MR) is 137 cm³/mol. The molecule has 194 valence electrons. The molecule has 1 N–H and O–H groups in total. The minimum atomic E-state index is -0.531. The van der Waals surface area contributed by atoms with E-state index in [1.54, 1.807) is 0 Å². The molecule has 0 aromatic carbocycles. The Hall–Kier alpha value is -2.61. The van der Waals surface area contributed by atoms with Crippen molar-refractivity contribution in [2.24, 2.45) is 13.0 Å². The fourth-order valence-corrected chi connectivity index (χ4v) is 6.94. The Morgan fingerprint density at radius 1 is 1.14 bits per heavy atom. The number of hydrogen-bond donors (Lipinski definition) is 1. The number of fused-ring (bicyclic) bond motifs is 4. The number of ether oxygens (including phenoxy) is 2. The van der Waals surface area contributed by atoms with E-state index < -0.39 is 5.60 Å². The zero-order valence-electron chi connectivity index (χ0n) is 22.3. The van der Waals surface area contributed by atoms with Crippen LogP contribution in [0.15, 0.2) is 18.3 Å². The smallest absolute Gasteiger partial charge is 0.409 e. The van der Waals surface area contributed by atoms with Crippen molar-refractivity contribution in [1.29, 1.82) is 0 Å². The first-order valence-corrected chi connectivity index (χ1v) is 13.5. The van der Waals surface area contributed by atoms with Crippen LogP contribution in [0.2, 0.25) is 0 Å². The van der Waals surface area contributed by atoms with Crippen LogP contribution in [0, 0.1) is 5.92 Å². The highest BCUT2D eigenvalue weighted by Gasteiger charge is 2.49. The molecular formula is C28H39N5O3. The van der Waals surface area contributed by atoms with Gasteiger partial charge in [-0.15, -0.1) is 0 Å². The number of rotatable bonds is 3. The van der Waals surface area contributed by atoms with E-state index >= 15 is 0 Å². The molecule has 0 unspecified atom stereocenters. The van der Waals surface area contributed by atoms with E-state index in [1.807, 2.05) is 23.2 Å². The standard InChI is InChI=1S/C28H39N5O3/c1-26(2)15-19(16-27(3,4)31-26)24-30-22-21-20(7-6-12-29-21)36-28(23(22)32(24)5)10-13-33(14-11-28)25(34)35-17-18-8-9-18/h6-7,12,18-19,31H,8-11,13-17H2,1-5H3. The third-order valence-corrected chi connectivity index (χ3v) is 8.39. The van der Waals surface area contributed by atoms with Crippen LogP contribution in [-0.2, 0) is 17.4 Å². The van der Waals surface area contributed by atoms with Crippen LogP contribution in [0.1, 0.15) is 83.7 Å². The predicted octanol–water partition coefficient (Wildman–Crippen LogP) is 4.74. The Morgan fingerprint density at radius 3 is 2.50 bits per heavy atom. The van der Waals surface area contributed by atoms with Gasteiger partial charge >= 0.3 is 6.09 Å². The van der Waals surface area contributed by atoms with Gasteiger partial charge in [-0.3, -0.25) is 4.98 Å². The zero-order valence-corrected chi connectivity index (χ0v) is 22.3. The molecule has 2 aromatic rings. The summed E-state index contributed by atoms with van der Waals surface area (Å²) >= 11 is 0. The van der Waals surface area contributed by atoms with Crippen LogP contribution in [-0.4, -0.2) is 56.3 Å². The average Bonchev–Trinajstić information content (AvgIpc) is 3.57. The maximum absolute atomic E-state index is 12.7. The number of carbonyl (C=O) groups excluding carboxylic acids is 1. The van der Waals surface area contributed by atoms with Gasteiger partial charge in [0, 0.05) is 56.2 Å². The largest absolute Gasteiger partial charge is 0.478 e. The van der Waals surface area contributed by atoms with Gasteiger partial charge in [-0.2, -0.15) is 0 Å². The van der Waals surface area contributed by atoms with Crippen LogP contribution in [0.4, 0.5) is 4.79 Å². The quantitative estimate of drug-likeness (QED) is 0.665. The third-order valence-electron chi connectivity index (χ3n) is 8.39. The molecule has 6 rings (SSSR count). The highest BCUT2D eigenvalue weighted by Crippen LogP contribution is 2.50. The molecule has 0 bridgehead atoms. The van der Waals surface area contributed by atoms with E-state index in [0.717, 1.165) is 41.5 Å². The second-order valence-electron chi connectivity index (χ2n) is 12.7. The highest BCUT2D eigenvalue weighted by molar-refractivity contribution is 5.70. The first-order chi connectivity index (χ1) is 17.1. The molecule has 0 radical (unpaired) electrons. The van der Waals surface area contributed by atoms with Crippen LogP contribution >= 0.6 is 0 Å². The van der Waals surface area contributed by atoms with E-state index in [9.17, 15) is 4.79 Å². The summed E-state index contributed by atoms with van der Waals surface area (Å²) in [6.07, 6.45) is 7.41. The molecule has 2 aromatic heterocycles. The van der Waals surface area contributed by atoms with Gasteiger partial charge in [0.15, 0.2) is 5.60 Å². The minimum absolute atomic E-state index is 0.0232. The number of piperidine rings is 2. The van der Waals surface area contributed by atoms with Crippen LogP contribution in [0.5, 0.6) is 5.75 Å². The number of imidazole rings is 1. The number of likely N-dealkylation sites (tertiary alicyclic amines) is 1. The number of pyridine rings is 1. The lowest BCUT2D eigenvalue weighted by atomic mass is 9.75. The fraction of sp³-hybridized carbons (Fsp3) is 0.679. The number of nitrogens with zero attached hydrogens (tertiary/aromatic N) is 4. The Morgan fingerprint density at radius 2 is 1.83 bits per heavy atom. The lowest BCUT2D eigenvalue weighted by molar-refractivity contribution is -0.0115. The summed E-state index contributed by atoms with van der Waals surface area (Å²) in [5, 5.41) is 3.80. The molecule has 3 aliphatic heterocycles. The molecule has 0 atom stereocenters. The minimum Gasteiger partial charge on any atom is -0.478 e. The molecule has 1 saturated carbocycles. The normalized spacial score (nSPS) is 24.1. The molecule has 5 heterocycles. The first-order valence-electron chi connectivity index (χ1n) is 13.5. The van der Waals surface area contributed by atoms with Gasteiger partial charge in [0.05, 0.1) is 12.3 Å². The van der Waals surface area contributed by atoms with E-state index in [0.29, 0.717) is 44.4 Å². The molecule has 3 fully saturated rings. The summed E-state index contributed by atoms with van der Waals surface area (Å²) in [6.45, 7) is 10.9. The van der Waals surface area contributed by atoms with Crippen molar-refractivity contribution in [3.05, 3.63) is 29.8 Å². The van der Waals surface area contributed by atoms with Crippen molar-refractivity contribution >= 4 is 6.09 Å². The maximum atomic E-state index is 12.7. The molecule has 1 spiro atoms. The number of aromatic nitrogens is 3. The molecule has 1 amide bonds. The second-order valence-corrected chi connectivity index (χ2v) is 12.7. The average molecular weight is 494 g/mol. The summed E-state index contributed by atoms with van der Waals surface area (Å²) in [7, 11) is 2.14. The monoisotopic (exact) mass is 493 g/mol. The van der Waals surface area contributed by atoms with Crippen molar-refractivity contribution in [1.82, 2.24) is 24.8 Å². The van der Waals surface area contributed by atoms with E-state index in [4.69, 9.17) is 14.5 Å². The van der Waals surface area contributed by atoms with Crippen molar-refractivity contribution in [2.45, 2.75) is 88.8 Å². The number of amides is 1. The third kappa shape index (κ3) is 4.17. The van der Waals surface area contributed by atoms with E-state index in [2.05, 4.69) is 49.6 Å². The summed E-state index contributed by atoms with van der Waals surface area (Å²) in [5.74, 6) is 2.78. The Balaban J connectivity index is 1.34. The zero-order chi connectivity index (χ0) is 25.3. The van der Waals surface area contributed by atoms with Gasteiger partial charge in [-0.05, 0) is 71.4 Å². The molecule has 2 saturated heterocycles. The van der Waals surface area contributed by atoms with Crippen LogP contribution in [0.25, 0.3) is 11.4 Å². The molecule has 1 aliphatic carbocycles. The maximum Gasteiger partial charge on any atom is 0.409 e. The van der Waals surface area contributed by atoms with Crippen molar-refractivity contribution in [3.63, 3.8) is 0 Å². The summed E-state index contributed by atoms with van der Waals surface area (Å²) in [4.78, 5) is 24.5. The topological polar surface area (TPSA) is 81.5 Å². The second kappa shape index (κ2) is 8.20. The lowest BCUT2D eigenvalue weighted by Gasteiger charge is -2.46. The van der Waals surface area contributed by atoms with Gasteiger partial charge in [0.25, 0.3) is 0 Å². The molecule has 36 heavy (non-hydrogen) atoms. The van der Waals surface area contributed by atoms with Crippen LogP contribution < -0.4 is 10.1 Å². The summed E-state index contributed by atoms with van der Waals surface area (Å²) < 4.78 is 14.6. The van der Waals surface area contributed by atoms with Crippen molar-refractivity contribution in [3.8, 4) is 17.1 Å². The number of nitrogens with one attached hydrogen (secondary N) is 1. The Labute approximate surface area is 213 Å². The van der Waals surface area contributed by atoms with E-state index in [-0.39, 0.29) is 17.2 Å². The van der Waals surface area contributed by atoms with Crippen molar-refractivity contribution < 1.29 is 14.3 Å². The van der Waals surface area contributed by atoms with Gasteiger partial charge in [0.1, 0.15) is 23.0 Å². The van der Waals surface area contributed by atoms with E-state index in [1.165, 1.54) is 12.8 Å². The number of carbonyl (C=O) groups is 1. The van der Waals surface area contributed by atoms with Crippen molar-refractivity contribution in [2.75, 3.05) is 19.7 Å². The molecule has 8 nitrogen and oxygen atoms in total.